The molecule has 30 heavy (non-hydrogen) atoms. The molecule has 168 valence electrons. The number of hydrogen-bond donors (Lipinski definition) is 1. The van der Waals surface area contributed by atoms with Crippen molar-refractivity contribution in [2.45, 2.75) is 116 Å². The molecule has 0 amide bonds. The first kappa shape index (κ1) is 24.7. The van der Waals surface area contributed by atoms with Crippen LogP contribution in [0.2, 0.25) is 0 Å². The van der Waals surface area contributed by atoms with Gasteiger partial charge in [0, 0.05) is 5.92 Å². The summed E-state index contributed by atoms with van der Waals surface area (Å²) in [7, 11) is 0. The van der Waals surface area contributed by atoms with Gasteiger partial charge in [-0.05, 0) is 24.8 Å². The highest BCUT2D eigenvalue weighted by Gasteiger charge is 2.25. The smallest absolute Gasteiger partial charge is 0.241 e. The molecule has 1 N–H and O–H groups in total. The molecule has 2 heteroatoms. The number of hydrogen-bond acceptors (Lipinski definition) is 0. The van der Waals surface area contributed by atoms with Gasteiger partial charge >= 0.3 is 0 Å². The number of H-pyrrole nitrogens is 1. The summed E-state index contributed by atoms with van der Waals surface area (Å²) < 4.78 is 2.40. The summed E-state index contributed by atoms with van der Waals surface area (Å²) in [6, 6.07) is 11.7. The number of aromatic amines is 1. The molecule has 0 saturated carbocycles. The van der Waals surface area contributed by atoms with Gasteiger partial charge in [-0.3, -0.25) is 4.98 Å². The van der Waals surface area contributed by atoms with Crippen LogP contribution in [-0.4, -0.2) is 4.98 Å². The van der Waals surface area contributed by atoms with Gasteiger partial charge < -0.3 is 0 Å². The van der Waals surface area contributed by atoms with Gasteiger partial charge in [0.25, 0.3) is 0 Å². The molecule has 0 aliphatic carbocycles. The van der Waals surface area contributed by atoms with E-state index >= 15 is 0 Å². The Bertz CT molecular complexity index is 605. The summed E-state index contributed by atoms with van der Waals surface area (Å²) in [5, 5.41) is 0. The largest absolute Gasteiger partial charge is 0.250 e. The van der Waals surface area contributed by atoms with E-state index in [-0.39, 0.29) is 0 Å². The third kappa shape index (κ3) is 9.96. The molecule has 2 atom stereocenters. The Labute approximate surface area is 186 Å². The lowest BCUT2D eigenvalue weighted by Crippen LogP contribution is -2.42. The van der Waals surface area contributed by atoms with E-state index < -0.39 is 0 Å². The fourth-order valence-electron chi connectivity index (χ4n) is 4.89. The van der Waals surface area contributed by atoms with Crippen LogP contribution in [0.3, 0.4) is 0 Å². The van der Waals surface area contributed by atoms with E-state index in [1.54, 1.807) is 0 Å². The van der Waals surface area contributed by atoms with Crippen molar-refractivity contribution >= 4 is 0 Å². The Hall–Kier alpha value is -1.57. The minimum atomic E-state index is 0.587. The molecule has 0 bridgehead atoms. The summed E-state index contributed by atoms with van der Waals surface area (Å²) in [5.74, 6) is 0.710. The zero-order chi connectivity index (χ0) is 21.3. The molecule has 0 saturated heterocycles. The van der Waals surface area contributed by atoms with E-state index in [9.17, 15) is 0 Å². The Balaban J connectivity index is 1.66. The third-order valence-electron chi connectivity index (χ3n) is 6.68. The van der Waals surface area contributed by atoms with Crippen LogP contribution >= 0.6 is 0 Å². The molecule has 0 aliphatic rings. The fourth-order valence-corrected chi connectivity index (χ4v) is 4.89. The summed E-state index contributed by atoms with van der Waals surface area (Å²) in [4.78, 5) is 3.24. The van der Waals surface area contributed by atoms with Gasteiger partial charge in [0.1, 0.15) is 18.4 Å². The minimum absolute atomic E-state index is 0.587. The summed E-state index contributed by atoms with van der Waals surface area (Å²) in [6.45, 7) is 4.64. The van der Waals surface area contributed by atoms with Crippen LogP contribution in [-0.2, 0) is 6.42 Å². The van der Waals surface area contributed by atoms with Crippen LogP contribution in [0.4, 0.5) is 0 Å². The van der Waals surface area contributed by atoms with Gasteiger partial charge in [-0.2, -0.15) is 0 Å². The number of unbranched alkanes of at least 4 members (excludes halogenated alkanes) is 11. The molecule has 2 unspecified atom stereocenters. The molecule has 0 fully saturated rings. The maximum Gasteiger partial charge on any atom is 0.241 e. The Morgan fingerprint density at radius 3 is 1.90 bits per heavy atom. The third-order valence-corrected chi connectivity index (χ3v) is 6.68. The predicted molar refractivity (Wildman–Crippen MR) is 130 cm³/mol. The van der Waals surface area contributed by atoms with Crippen LogP contribution < -0.4 is 4.57 Å². The molecule has 0 spiro atoms. The highest BCUT2D eigenvalue weighted by atomic mass is 15.1. The van der Waals surface area contributed by atoms with Crippen molar-refractivity contribution in [1.82, 2.24) is 4.98 Å². The zero-order valence-corrected chi connectivity index (χ0v) is 19.8. The average Bonchev–Trinajstić information content (AvgIpc) is 3.30. The molecule has 2 rings (SSSR count). The maximum absolute atomic E-state index is 3.24. The molecule has 0 radical (unpaired) electrons. The number of rotatable bonds is 18. The van der Waals surface area contributed by atoms with Crippen molar-refractivity contribution < 1.29 is 4.57 Å². The lowest BCUT2D eigenvalue weighted by atomic mass is 9.86. The highest BCUT2D eigenvalue weighted by Crippen LogP contribution is 2.27. The summed E-state index contributed by atoms with van der Waals surface area (Å²) >= 11 is 0. The van der Waals surface area contributed by atoms with Crippen molar-refractivity contribution in [2.24, 2.45) is 5.92 Å². The quantitative estimate of drug-likeness (QED) is 0.188. The maximum atomic E-state index is 3.24. The summed E-state index contributed by atoms with van der Waals surface area (Å²) in [5.41, 5.74) is 1.48. The van der Waals surface area contributed by atoms with Gasteiger partial charge in [0.2, 0.25) is 6.33 Å². The van der Waals surface area contributed by atoms with Crippen molar-refractivity contribution in [3.05, 3.63) is 54.6 Å². The second-order valence-corrected chi connectivity index (χ2v) is 9.16. The second kappa shape index (κ2) is 16.2. The van der Waals surface area contributed by atoms with Crippen molar-refractivity contribution in [1.29, 1.82) is 0 Å². The number of nitrogens with zero attached hydrogens (tertiary/aromatic N) is 1. The van der Waals surface area contributed by atoms with Crippen molar-refractivity contribution in [2.75, 3.05) is 0 Å². The van der Waals surface area contributed by atoms with Gasteiger partial charge in [0.15, 0.2) is 0 Å². The molecule has 1 aromatic carbocycles. The summed E-state index contributed by atoms with van der Waals surface area (Å²) in [6.07, 6.45) is 27.2. The fraction of sp³-hybridized carbons (Fsp3) is 0.679. The lowest BCUT2D eigenvalue weighted by molar-refractivity contribution is -0.729. The van der Waals surface area contributed by atoms with Gasteiger partial charge in [-0.15, -0.1) is 0 Å². The van der Waals surface area contributed by atoms with Crippen LogP contribution in [0.15, 0.2) is 49.1 Å². The lowest BCUT2D eigenvalue weighted by Gasteiger charge is -2.24. The van der Waals surface area contributed by atoms with E-state index in [2.05, 4.69) is 66.3 Å². The van der Waals surface area contributed by atoms with E-state index in [0.717, 1.165) is 0 Å². The predicted octanol–water partition coefficient (Wildman–Crippen LogP) is 8.20. The first-order valence-electron chi connectivity index (χ1n) is 12.9. The standard InChI is InChI=1S/C28H46N2/c1-3-5-6-7-8-9-10-11-12-13-14-18-21-27(24-26-19-16-15-17-20-26)28(4-2)30-23-22-29-25-30/h15-17,19-20,22-23,25,27-28H,3-14,18,21,24H2,1-2H3/p+1. The van der Waals surface area contributed by atoms with Gasteiger partial charge in [0.05, 0.1) is 0 Å². The minimum Gasteiger partial charge on any atom is -0.250 e. The molecule has 2 nitrogen and oxygen atoms in total. The molecule has 0 aliphatic heterocycles. The van der Waals surface area contributed by atoms with Crippen LogP contribution in [0.25, 0.3) is 0 Å². The monoisotopic (exact) mass is 411 g/mol. The Kier molecular flexibility index (Phi) is 13.3. The van der Waals surface area contributed by atoms with Crippen LogP contribution in [0.1, 0.15) is 115 Å². The van der Waals surface area contributed by atoms with Crippen LogP contribution in [0, 0.1) is 5.92 Å². The topological polar surface area (TPSA) is 19.7 Å². The van der Waals surface area contributed by atoms with E-state index in [4.69, 9.17) is 0 Å². The first-order chi connectivity index (χ1) is 14.8. The molecule has 1 heterocycles. The zero-order valence-electron chi connectivity index (χ0n) is 19.8. The van der Waals surface area contributed by atoms with E-state index in [1.807, 2.05) is 6.20 Å². The normalized spacial score (nSPS) is 13.4. The molecule has 2 aromatic rings. The number of aromatic nitrogens is 2. The van der Waals surface area contributed by atoms with Crippen molar-refractivity contribution in [3.63, 3.8) is 0 Å². The molecular weight excluding hydrogens is 364 g/mol. The Morgan fingerprint density at radius 2 is 1.37 bits per heavy atom. The first-order valence-corrected chi connectivity index (χ1v) is 12.9. The average molecular weight is 412 g/mol. The highest BCUT2D eigenvalue weighted by molar-refractivity contribution is 5.15. The van der Waals surface area contributed by atoms with E-state index in [0.29, 0.717) is 12.0 Å². The van der Waals surface area contributed by atoms with Gasteiger partial charge in [-0.25, -0.2) is 4.57 Å². The second-order valence-electron chi connectivity index (χ2n) is 9.16. The van der Waals surface area contributed by atoms with Crippen LogP contribution in [0.5, 0.6) is 0 Å². The van der Waals surface area contributed by atoms with Gasteiger partial charge in [-0.1, -0.05) is 121 Å². The molecule has 1 aromatic heterocycles. The number of imidazole rings is 1. The SMILES string of the molecule is CCCCCCCCCCCCCCC(Cc1ccccc1)C(CC)[n+]1cc[nH]c1. The number of benzene rings is 1. The number of nitrogens with one attached hydrogen (secondary N) is 1. The Morgan fingerprint density at radius 1 is 0.767 bits per heavy atom. The molecular formula is C28H47N2+. The van der Waals surface area contributed by atoms with E-state index in [1.165, 1.54) is 102 Å². The van der Waals surface area contributed by atoms with Crippen molar-refractivity contribution in [3.8, 4) is 0 Å².